The number of nitroso groups, excluding NO2 is 1. The lowest BCUT2D eigenvalue weighted by Gasteiger charge is -2.12. The van der Waals surface area contributed by atoms with E-state index in [9.17, 15) is 4.91 Å². The van der Waals surface area contributed by atoms with Gasteiger partial charge in [-0.15, -0.1) is 10.1 Å². The van der Waals surface area contributed by atoms with E-state index in [0.29, 0.717) is 22.3 Å². The molecule has 0 fully saturated rings. The first-order chi connectivity index (χ1) is 5.38. The van der Waals surface area contributed by atoms with Crippen LogP contribution in [0, 0.1) is 4.91 Å². The molecule has 1 aromatic rings. The Balaban J connectivity index is 2.82. The summed E-state index contributed by atoms with van der Waals surface area (Å²) in [5.41, 5.74) is 0.650. The monoisotopic (exact) mass is 166 g/mol. The fourth-order valence-electron chi connectivity index (χ4n) is 0.741. The number of para-hydroxylation sites is 1. The van der Waals surface area contributed by atoms with Crippen LogP contribution in [0.3, 0.4) is 0 Å². The van der Waals surface area contributed by atoms with Gasteiger partial charge in [-0.05, 0) is 12.1 Å². The van der Waals surface area contributed by atoms with Gasteiger partial charge in [0.2, 0.25) is 0 Å². The van der Waals surface area contributed by atoms with Crippen LogP contribution in [-0.4, -0.2) is 16.6 Å². The van der Waals surface area contributed by atoms with E-state index in [1.807, 2.05) is 18.2 Å². The van der Waals surface area contributed by atoms with Crippen molar-refractivity contribution in [2.24, 2.45) is 5.29 Å². The van der Waals surface area contributed by atoms with Gasteiger partial charge in [-0.3, -0.25) is 0 Å². The molecule has 0 heterocycles. The maximum Gasteiger partial charge on any atom is 0.456 e. The third kappa shape index (κ3) is 2.02. The minimum Gasteiger partial charge on any atom is -0.393 e. The molecule has 0 atom stereocenters. The smallest absolute Gasteiger partial charge is 0.393 e. The van der Waals surface area contributed by atoms with Crippen molar-refractivity contribution in [3.05, 3.63) is 35.2 Å². The Bertz CT molecular complexity index is 229. The molecule has 4 nitrogen and oxygen atoms in total. The molecule has 5 heteroatoms. The average molecular weight is 166 g/mol. The molecule has 0 saturated heterocycles. The van der Waals surface area contributed by atoms with Crippen molar-refractivity contribution in [1.29, 1.82) is 0 Å². The molecule has 11 heavy (non-hydrogen) atoms. The van der Waals surface area contributed by atoms with Crippen molar-refractivity contribution < 1.29 is 3.89 Å². The van der Waals surface area contributed by atoms with Crippen LogP contribution in [0.2, 0.25) is 0 Å². The van der Waals surface area contributed by atoms with Crippen LogP contribution in [0.4, 0.5) is 5.69 Å². The number of rotatable bonds is 3. The Morgan fingerprint density at radius 1 is 1.36 bits per heavy atom. The van der Waals surface area contributed by atoms with Gasteiger partial charge in [0.1, 0.15) is 0 Å². The second-order valence-corrected chi connectivity index (χ2v) is 2.24. The van der Waals surface area contributed by atoms with E-state index >= 15 is 0 Å². The van der Waals surface area contributed by atoms with Gasteiger partial charge in [-0.2, -0.15) is 0 Å². The highest BCUT2D eigenvalue weighted by molar-refractivity contribution is 5.98. The maximum absolute atomic E-state index is 10.1. The number of anilines is 1. The molecule has 0 aliphatic rings. The van der Waals surface area contributed by atoms with Crippen LogP contribution in [-0.2, 0) is 3.89 Å². The van der Waals surface area contributed by atoms with Gasteiger partial charge in [0.05, 0.1) is 11.0 Å². The number of hydrogen-bond acceptors (Lipinski definition) is 3. The molecular formula is C6H7AlN2O2. The molecule has 0 amide bonds. The first-order valence-electron chi connectivity index (χ1n) is 3.11. The van der Waals surface area contributed by atoms with Crippen LogP contribution in [0.5, 0.6) is 0 Å². The lowest BCUT2D eigenvalue weighted by molar-refractivity contribution is 0.311. The molecule has 1 aromatic carbocycles. The van der Waals surface area contributed by atoms with Gasteiger partial charge >= 0.3 is 16.6 Å². The SMILES string of the molecule is O=NN([O][AlH2])c1ccccc1. The summed E-state index contributed by atoms with van der Waals surface area (Å²) in [6, 6.07) is 8.99. The van der Waals surface area contributed by atoms with Crippen LogP contribution in [0.25, 0.3) is 0 Å². The molecule has 1 rings (SSSR count). The Labute approximate surface area is 72.4 Å². The maximum atomic E-state index is 10.1. The molecular weight excluding hydrogens is 159 g/mol. The predicted molar refractivity (Wildman–Crippen MR) is 44.3 cm³/mol. The molecule has 0 bridgehead atoms. The van der Waals surface area contributed by atoms with Crippen molar-refractivity contribution in [1.82, 2.24) is 0 Å². The summed E-state index contributed by atoms with van der Waals surface area (Å²) in [6.07, 6.45) is 0. The van der Waals surface area contributed by atoms with Crippen LogP contribution in [0.1, 0.15) is 0 Å². The first-order valence-corrected chi connectivity index (χ1v) is 3.92. The normalized spacial score (nSPS) is 9.09. The van der Waals surface area contributed by atoms with Crippen molar-refractivity contribution in [2.75, 3.05) is 5.17 Å². The Morgan fingerprint density at radius 3 is 2.45 bits per heavy atom. The molecule has 0 radical (unpaired) electrons. The summed E-state index contributed by atoms with van der Waals surface area (Å²) in [7, 11) is 0. The van der Waals surface area contributed by atoms with Gasteiger partial charge in [-0.1, -0.05) is 18.2 Å². The summed E-state index contributed by atoms with van der Waals surface area (Å²) in [5.74, 6) is 0. The molecule has 0 saturated carbocycles. The standard InChI is InChI=1S/C6H5N2O2.Al.2H/c9-7-8(10)6-4-2-1-3-5-6;;;/h1-5H;;;/q-1;+1;;. The van der Waals surface area contributed by atoms with Gasteiger partial charge in [-0.25, -0.2) is 0 Å². The van der Waals surface area contributed by atoms with Crippen LogP contribution < -0.4 is 5.17 Å². The Kier molecular flexibility index (Phi) is 3.05. The summed E-state index contributed by atoms with van der Waals surface area (Å²) in [6.45, 7) is 0. The second kappa shape index (κ2) is 4.09. The molecule has 0 aliphatic carbocycles. The highest BCUT2D eigenvalue weighted by atomic mass is 27.1. The highest BCUT2D eigenvalue weighted by Crippen LogP contribution is 2.12. The van der Waals surface area contributed by atoms with E-state index in [2.05, 4.69) is 5.29 Å². The predicted octanol–water partition coefficient (Wildman–Crippen LogP) is 0.654. The van der Waals surface area contributed by atoms with E-state index in [1.165, 1.54) is 0 Å². The quantitative estimate of drug-likeness (QED) is 0.376. The highest BCUT2D eigenvalue weighted by Gasteiger charge is 2.00. The zero-order chi connectivity index (χ0) is 8.10. The van der Waals surface area contributed by atoms with E-state index in [-0.39, 0.29) is 0 Å². The lowest BCUT2D eigenvalue weighted by atomic mass is 10.3. The van der Waals surface area contributed by atoms with Crippen molar-refractivity contribution in [3.63, 3.8) is 0 Å². The van der Waals surface area contributed by atoms with E-state index in [0.717, 1.165) is 5.17 Å². The third-order valence-electron chi connectivity index (χ3n) is 1.22. The minimum absolute atomic E-state index is 0.449. The molecule has 0 aliphatic heterocycles. The minimum atomic E-state index is 0.449. The van der Waals surface area contributed by atoms with Crippen molar-refractivity contribution in [3.8, 4) is 0 Å². The third-order valence-corrected chi connectivity index (χ3v) is 1.57. The first kappa shape index (κ1) is 8.21. The van der Waals surface area contributed by atoms with Crippen molar-refractivity contribution in [2.45, 2.75) is 0 Å². The fraction of sp³-hybridized carbons (Fsp3) is 0. The molecule has 0 aromatic heterocycles. The molecule has 0 spiro atoms. The summed E-state index contributed by atoms with van der Waals surface area (Å²) < 4.78 is 4.78. The topological polar surface area (TPSA) is 41.9 Å². The zero-order valence-electron chi connectivity index (χ0n) is 6.10. The van der Waals surface area contributed by atoms with E-state index in [4.69, 9.17) is 3.89 Å². The van der Waals surface area contributed by atoms with E-state index in [1.54, 1.807) is 12.1 Å². The summed E-state index contributed by atoms with van der Waals surface area (Å²) in [5, 5.41) is 3.64. The average Bonchev–Trinajstić information content (AvgIpc) is 2.09. The van der Waals surface area contributed by atoms with Crippen molar-refractivity contribution >= 4 is 22.3 Å². The molecule has 56 valence electrons. The number of hydrogen-bond donors (Lipinski definition) is 0. The summed E-state index contributed by atoms with van der Waals surface area (Å²) in [4.78, 5) is 10.1. The van der Waals surface area contributed by atoms with Crippen LogP contribution >= 0.6 is 0 Å². The lowest BCUT2D eigenvalue weighted by Crippen LogP contribution is -2.13. The molecule has 0 N–H and O–H groups in total. The van der Waals surface area contributed by atoms with Gasteiger partial charge in [0, 0.05) is 0 Å². The fourth-order valence-corrected chi connectivity index (χ4v) is 1.02. The van der Waals surface area contributed by atoms with Gasteiger partial charge < -0.3 is 3.89 Å². The zero-order valence-corrected chi connectivity index (χ0v) is 8.10. The Hall–Kier alpha value is -0.888. The summed E-state index contributed by atoms with van der Waals surface area (Å²) >= 11 is 0.449. The molecule has 0 unspecified atom stereocenters. The van der Waals surface area contributed by atoms with E-state index < -0.39 is 0 Å². The van der Waals surface area contributed by atoms with Gasteiger partial charge in [0.25, 0.3) is 0 Å². The number of benzene rings is 1. The second-order valence-electron chi connectivity index (χ2n) is 1.87. The largest absolute Gasteiger partial charge is 0.456 e. The van der Waals surface area contributed by atoms with Gasteiger partial charge in [0.15, 0.2) is 0 Å². The van der Waals surface area contributed by atoms with Crippen LogP contribution in [0.15, 0.2) is 35.6 Å². The number of nitrogens with zero attached hydrogens (tertiary/aromatic N) is 2. The Morgan fingerprint density at radius 2 is 2.00 bits per heavy atom.